The van der Waals surface area contributed by atoms with Gasteiger partial charge in [-0.1, -0.05) is 6.92 Å². The van der Waals surface area contributed by atoms with Crippen molar-refractivity contribution in [1.29, 1.82) is 0 Å². The molecule has 0 aliphatic carbocycles. The molecule has 0 aromatic heterocycles. The summed E-state index contributed by atoms with van der Waals surface area (Å²) in [5.74, 6) is -1.39. The third-order valence-electron chi connectivity index (χ3n) is 3.16. The van der Waals surface area contributed by atoms with E-state index < -0.39 is 12.0 Å². The molecule has 1 aliphatic heterocycles. The lowest BCUT2D eigenvalue weighted by Gasteiger charge is -2.15. The summed E-state index contributed by atoms with van der Waals surface area (Å²) in [6.07, 6.45) is -0.0117. The van der Waals surface area contributed by atoms with Crippen LogP contribution in [0.25, 0.3) is 0 Å². The SMILES string of the molecule is CCNC(CC(=O)O)C(=O)c1ccc2c(c1)CC(=O)N2. The van der Waals surface area contributed by atoms with Gasteiger partial charge in [-0.25, -0.2) is 0 Å². The number of hydrogen-bond acceptors (Lipinski definition) is 4. The standard InChI is InChI=1S/C14H16N2O4/c1-2-15-11(7-13(18)19)14(20)8-3-4-10-9(5-8)6-12(17)16-10/h3-5,11,15H,2,6-7H2,1H3,(H,16,17)(H,18,19). The predicted octanol–water partition coefficient (Wildman–Crippen LogP) is 0.817. The minimum absolute atomic E-state index is 0.0987. The summed E-state index contributed by atoms with van der Waals surface area (Å²) in [5, 5.41) is 14.4. The van der Waals surface area contributed by atoms with Crippen molar-refractivity contribution in [2.24, 2.45) is 0 Å². The molecule has 0 spiro atoms. The highest BCUT2D eigenvalue weighted by atomic mass is 16.4. The molecular weight excluding hydrogens is 260 g/mol. The van der Waals surface area contributed by atoms with E-state index in [4.69, 9.17) is 5.11 Å². The van der Waals surface area contributed by atoms with Crippen LogP contribution in [0.2, 0.25) is 0 Å². The highest BCUT2D eigenvalue weighted by Gasteiger charge is 2.24. The largest absolute Gasteiger partial charge is 0.481 e. The van der Waals surface area contributed by atoms with Gasteiger partial charge in [0.05, 0.1) is 18.9 Å². The molecule has 1 aromatic carbocycles. The van der Waals surface area contributed by atoms with Crippen molar-refractivity contribution < 1.29 is 19.5 Å². The van der Waals surface area contributed by atoms with E-state index in [1.807, 2.05) is 6.92 Å². The Balaban J connectivity index is 2.21. The normalized spacial score (nSPS) is 14.6. The molecule has 1 aliphatic rings. The third kappa shape index (κ3) is 3.03. The highest BCUT2D eigenvalue weighted by Crippen LogP contribution is 2.24. The average molecular weight is 276 g/mol. The summed E-state index contributed by atoms with van der Waals surface area (Å²) >= 11 is 0. The number of fused-ring (bicyclic) bond motifs is 1. The summed E-state index contributed by atoms with van der Waals surface area (Å²) < 4.78 is 0. The van der Waals surface area contributed by atoms with Crippen molar-refractivity contribution in [3.05, 3.63) is 29.3 Å². The number of carboxylic acid groups (broad SMARTS) is 1. The fraction of sp³-hybridized carbons (Fsp3) is 0.357. The Labute approximate surface area is 116 Å². The molecule has 1 aromatic rings. The number of Topliss-reactive ketones (excluding diaryl/α,β-unsaturated/α-hetero) is 1. The number of aliphatic carboxylic acids is 1. The first-order valence-corrected chi connectivity index (χ1v) is 6.43. The Morgan fingerprint density at radius 3 is 2.85 bits per heavy atom. The van der Waals surface area contributed by atoms with Crippen LogP contribution in [0.15, 0.2) is 18.2 Å². The van der Waals surface area contributed by atoms with E-state index in [1.54, 1.807) is 18.2 Å². The van der Waals surface area contributed by atoms with Gasteiger partial charge in [0, 0.05) is 11.3 Å². The summed E-state index contributed by atoms with van der Waals surface area (Å²) in [7, 11) is 0. The number of nitrogens with one attached hydrogen (secondary N) is 2. The zero-order chi connectivity index (χ0) is 14.7. The number of carbonyl (C=O) groups excluding carboxylic acids is 2. The van der Waals surface area contributed by atoms with Crippen LogP contribution in [-0.2, 0) is 16.0 Å². The van der Waals surface area contributed by atoms with Gasteiger partial charge in [-0.05, 0) is 30.3 Å². The van der Waals surface area contributed by atoms with E-state index in [-0.39, 0.29) is 24.5 Å². The van der Waals surface area contributed by atoms with E-state index in [2.05, 4.69) is 10.6 Å². The van der Waals surface area contributed by atoms with Gasteiger partial charge in [0.2, 0.25) is 5.91 Å². The Morgan fingerprint density at radius 1 is 1.45 bits per heavy atom. The second-order valence-corrected chi connectivity index (χ2v) is 4.67. The summed E-state index contributed by atoms with van der Waals surface area (Å²) in [6.45, 7) is 2.32. The second-order valence-electron chi connectivity index (χ2n) is 4.67. The van der Waals surface area contributed by atoms with Crippen molar-refractivity contribution in [3.8, 4) is 0 Å². The number of benzene rings is 1. The maximum Gasteiger partial charge on any atom is 0.305 e. The van der Waals surface area contributed by atoms with Crippen molar-refractivity contribution in [3.63, 3.8) is 0 Å². The number of ketones is 1. The first-order valence-electron chi connectivity index (χ1n) is 6.43. The van der Waals surface area contributed by atoms with Crippen LogP contribution in [0.4, 0.5) is 5.69 Å². The van der Waals surface area contributed by atoms with Crippen molar-refractivity contribution in [2.75, 3.05) is 11.9 Å². The van der Waals surface area contributed by atoms with Gasteiger partial charge in [-0.3, -0.25) is 14.4 Å². The predicted molar refractivity (Wildman–Crippen MR) is 72.8 cm³/mol. The molecular formula is C14H16N2O4. The summed E-state index contributed by atoms with van der Waals surface area (Å²) in [5.41, 5.74) is 1.91. The van der Waals surface area contributed by atoms with Gasteiger partial charge in [-0.2, -0.15) is 0 Å². The molecule has 0 radical (unpaired) electrons. The van der Waals surface area contributed by atoms with E-state index in [9.17, 15) is 14.4 Å². The minimum atomic E-state index is -1.03. The molecule has 0 bridgehead atoms. The van der Waals surface area contributed by atoms with E-state index in [1.165, 1.54) is 0 Å². The van der Waals surface area contributed by atoms with E-state index in [0.717, 1.165) is 5.56 Å². The van der Waals surface area contributed by atoms with Gasteiger partial charge in [-0.15, -0.1) is 0 Å². The molecule has 1 amide bonds. The quantitative estimate of drug-likeness (QED) is 0.668. The molecule has 6 heteroatoms. The van der Waals surface area contributed by atoms with Crippen LogP contribution in [0.1, 0.15) is 29.3 Å². The molecule has 2 rings (SSSR count). The van der Waals surface area contributed by atoms with Crippen LogP contribution in [-0.4, -0.2) is 35.4 Å². The zero-order valence-electron chi connectivity index (χ0n) is 11.1. The average Bonchev–Trinajstić information content (AvgIpc) is 2.75. The van der Waals surface area contributed by atoms with Gasteiger partial charge in [0.15, 0.2) is 5.78 Å². The smallest absolute Gasteiger partial charge is 0.305 e. The van der Waals surface area contributed by atoms with Crippen molar-refractivity contribution >= 4 is 23.3 Å². The van der Waals surface area contributed by atoms with Crippen LogP contribution >= 0.6 is 0 Å². The Hall–Kier alpha value is -2.21. The molecule has 106 valence electrons. The molecule has 1 atom stereocenters. The second kappa shape index (κ2) is 5.83. The van der Waals surface area contributed by atoms with E-state index in [0.29, 0.717) is 17.8 Å². The van der Waals surface area contributed by atoms with Crippen LogP contribution in [0, 0.1) is 0 Å². The molecule has 3 N–H and O–H groups in total. The number of carboxylic acids is 1. The molecule has 1 heterocycles. The van der Waals surface area contributed by atoms with Gasteiger partial charge in [0.25, 0.3) is 0 Å². The number of carbonyl (C=O) groups is 3. The lowest BCUT2D eigenvalue weighted by atomic mass is 9.99. The number of amides is 1. The topological polar surface area (TPSA) is 95.5 Å². The zero-order valence-corrected chi connectivity index (χ0v) is 11.1. The van der Waals surface area contributed by atoms with Crippen molar-refractivity contribution in [2.45, 2.75) is 25.8 Å². The fourth-order valence-electron chi connectivity index (χ4n) is 2.26. The number of likely N-dealkylation sites (N-methyl/N-ethyl adjacent to an activating group) is 1. The Morgan fingerprint density at radius 2 is 2.20 bits per heavy atom. The number of rotatable bonds is 6. The molecule has 0 fully saturated rings. The number of anilines is 1. The maximum absolute atomic E-state index is 12.3. The lowest BCUT2D eigenvalue weighted by molar-refractivity contribution is -0.137. The molecule has 0 saturated heterocycles. The fourth-order valence-corrected chi connectivity index (χ4v) is 2.26. The minimum Gasteiger partial charge on any atom is -0.481 e. The lowest BCUT2D eigenvalue weighted by Crippen LogP contribution is -2.38. The van der Waals surface area contributed by atoms with E-state index >= 15 is 0 Å². The third-order valence-corrected chi connectivity index (χ3v) is 3.16. The Kier molecular flexibility index (Phi) is 4.14. The monoisotopic (exact) mass is 276 g/mol. The summed E-state index contributed by atoms with van der Waals surface area (Å²) in [6, 6.07) is 4.19. The highest BCUT2D eigenvalue weighted by molar-refractivity contribution is 6.04. The molecule has 6 nitrogen and oxygen atoms in total. The first kappa shape index (κ1) is 14.2. The van der Waals surface area contributed by atoms with Crippen molar-refractivity contribution in [1.82, 2.24) is 5.32 Å². The molecule has 0 saturated carbocycles. The van der Waals surface area contributed by atoms with Gasteiger partial charge < -0.3 is 15.7 Å². The summed E-state index contributed by atoms with van der Waals surface area (Å²) in [4.78, 5) is 34.4. The molecule has 1 unspecified atom stereocenters. The van der Waals surface area contributed by atoms with Gasteiger partial charge in [0.1, 0.15) is 0 Å². The number of hydrogen-bond donors (Lipinski definition) is 3. The molecule has 20 heavy (non-hydrogen) atoms. The maximum atomic E-state index is 12.3. The van der Waals surface area contributed by atoms with Crippen LogP contribution in [0.3, 0.4) is 0 Å². The van der Waals surface area contributed by atoms with Crippen LogP contribution < -0.4 is 10.6 Å². The Bertz CT molecular complexity index is 568. The van der Waals surface area contributed by atoms with Gasteiger partial charge >= 0.3 is 5.97 Å². The first-order chi connectivity index (χ1) is 9.51. The van der Waals surface area contributed by atoms with Crippen LogP contribution in [0.5, 0.6) is 0 Å².